The molecule has 0 aromatic carbocycles. The lowest BCUT2D eigenvalue weighted by Gasteiger charge is -2.20. The van der Waals surface area contributed by atoms with Gasteiger partial charge in [0.05, 0.1) is 6.33 Å². The fourth-order valence-electron chi connectivity index (χ4n) is 1.67. The predicted molar refractivity (Wildman–Crippen MR) is 68.6 cm³/mol. The molecule has 2 aromatic rings. The summed E-state index contributed by atoms with van der Waals surface area (Å²) in [7, 11) is 0. The number of nitrogens with one attached hydrogen (secondary N) is 2. The van der Waals surface area contributed by atoms with Crippen molar-refractivity contribution >= 4 is 22.9 Å². The summed E-state index contributed by atoms with van der Waals surface area (Å²) in [5.41, 5.74) is 7.05. The first-order chi connectivity index (χ1) is 8.11. The van der Waals surface area contributed by atoms with Crippen LogP contribution in [-0.4, -0.2) is 26.0 Å². The van der Waals surface area contributed by atoms with Gasteiger partial charge in [-0.2, -0.15) is 9.97 Å². The number of anilines is 2. The van der Waals surface area contributed by atoms with E-state index in [-0.39, 0.29) is 5.95 Å². The smallest absolute Gasteiger partial charge is 0.224 e. The first kappa shape index (κ1) is 11.6. The molecule has 0 saturated heterocycles. The maximum atomic E-state index is 5.65. The Bertz CT molecular complexity index is 506. The van der Waals surface area contributed by atoms with Crippen molar-refractivity contribution in [2.75, 3.05) is 11.1 Å². The van der Waals surface area contributed by atoms with Gasteiger partial charge in [0.1, 0.15) is 5.52 Å². The molecule has 2 heterocycles. The lowest BCUT2D eigenvalue weighted by molar-refractivity contribution is 0.494. The van der Waals surface area contributed by atoms with Gasteiger partial charge in [-0.05, 0) is 12.8 Å². The molecule has 17 heavy (non-hydrogen) atoms. The Balaban J connectivity index is 2.31. The molecule has 0 fully saturated rings. The van der Waals surface area contributed by atoms with Crippen molar-refractivity contribution in [1.29, 1.82) is 0 Å². The number of nitrogens with two attached hydrogens (primary N) is 1. The van der Waals surface area contributed by atoms with E-state index in [4.69, 9.17) is 5.73 Å². The molecule has 92 valence electrons. The van der Waals surface area contributed by atoms with E-state index in [0.29, 0.717) is 17.6 Å². The van der Waals surface area contributed by atoms with E-state index in [9.17, 15) is 0 Å². The highest BCUT2D eigenvalue weighted by Gasteiger charge is 2.14. The minimum Gasteiger partial charge on any atom is -0.368 e. The monoisotopic (exact) mass is 234 g/mol. The lowest BCUT2D eigenvalue weighted by Crippen LogP contribution is -2.24. The number of imidazole rings is 1. The minimum absolute atomic E-state index is 0.239. The zero-order chi connectivity index (χ0) is 12.4. The molecule has 0 bridgehead atoms. The topological polar surface area (TPSA) is 92.5 Å². The summed E-state index contributed by atoms with van der Waals surface area (Å²) < 4.78 is 0. The molecular formula is C11H18N6. The van der Waals surface area contributed by atoms with Crippen LogP contribution < -0.4 is 11.1 Å². The molecular weight excluding hydrogens is 216 g/mol. The summed E-state index contributed by atoms with van der Waals surface area (Å²) in [6, 6.07) is 0.320. The first-order valence-electron chi connectivity index (χ1n) is 5.85. The van der Waals surface area contributed by atoms with Gasteiger partial charge in [-0.3, -0.25) is 0 Å². The number of H-pyrrole nitrogens is 1. The van der Waals surface area contributed by atoms with Gasteiger partial charge < -0.3 is 16.0 Å². The van der Waals surface area contributed by atoms with E-state index < -0.39 is 0 Å². The summed E-state index contributed by atoms with van der Waals surface area (Å²) >= 11 is 0. The largest absolute Gasteiger partial charge is 0.368 e. The Morgan fingerprint density at radius 2 is 2.18 bits per heavy atom. The molecule has 2 aromatic heterocycles. The summed E-state index contributed by atoms with van der Waals surface area (Å²) in [6.45, 7) is 6.50. The number of nitrogen functional groups attached to an aromatic ring is 1. The second kappa shape index (κ2) is 4.57. The van der Waals surface area contributed by atoms with Gasteiger partial charge in [-0.25, -0.2) is 4.98 Å². The Morgan fingerprint density at radius 3 is 2.88 bits per heavy atom. The number of aromatic amines is 1. The highest BCUT2D eigenvalue weighted by atomic mass is 15.1. The molecule has 0 radical (unpaired) electrons. The predicted octanol–water partition coefficient (Wildman–Crippen LogP) is 1.78. The molecule has 0 aliphatic rings. The van der Waals surface area contributed by atoms with E-state index in [1.54, 1.807) is 6.33 Å². The third-order valence-electron chi connectivity index (χ3n) is 3.16. The normalized spacial score (nSPS) is 14.8. The van der Waals surface area contributed by atoms with Crippen LogP contribution in [0.1, 0.15) is 27.2 Å². The number of aromatic nitrogens is 4. The van der Waals surface area contributed by atoms with Crippen LogP contribution in [0.2, 0.25) is 0 Å². The second-order valence-corrected chi connectivity index (χ2v) is 4.35. The van der Waals surface area contributed by atoms with E-state index in [1.807, 2.05) is 0 Å². The highest BCUT2D eigenvalue weighted by molar-refractivity contribution is 5.83. The van der Waals surface area contributed by atoms with Crippen LogP contribution in [0, 0.1) is 5.92 Å². The van der Waals surface area contributed by atoms with Gasteiger partial charge in [0, 0.05) is 6.04 Å². The first-order valence-corrected chi connectivity index (χ1v) is 5.85. The Kier molecular flexibility index (Phi) is 3.12. The molecule has 2 rings (SSSR count). The molecule has 2 unspecified atom stereocenters. The SMILES string of the molecule is CCC(C)C(C)Nc1nc(N)nc2nc[nH]c12. The summed E-state index contributed by atoms with van der Waals surface area (Å²) in [5.74, 6) is 1.52. The third kappa shape index (κ3) is 2.30. The third-order valence-corrected chi connectivity index (χ3v) is 3.16. The van der Waals surface area contributed by atoms with Crippen LogP contribution >= 0.6 is 0 Å². The average Bonchev–Trinajstić information content (AvgIpc) is 2.75. The number of hydrogen-bond acceptors (Lipinski definition) is 5. The van der Waals surface area contributed by atoms with E-state index in [1.165, 1.54) is 0 Å². The molecule has 0 aliphatic heterocycles. The van der Waals surface area contributed by atoms with E-state index in [2.05, 4.69) is 46.0 Å². The summed E-state index contributed by atoms with van der Waals surface area (Å²) in [5, 5.41) is 3.36. The molecule has 0 spiro atoms. The van der Waals surface area contributed by atoms with Crippen LogP contribution in [0.25, 0.3) is 11.2 Å². The van der Waals surface area contributed by atoms with Crippen molar-refractivity contribution < 1.29 is 0 Å². The average molecular weight is 234 g/mol. The second-order valence-electron chi connectivity index (χ2n) is 4.35. The highest BCUT2D eigenvalue weighted by Crippen LogP contribution is 2.20. The van der Waals surface area contributed by atoms with Crippen molar-refractivity contribution in [3.8, 4) is 0 Å². The molecule has 0 aliphatic carbocycles. The van der Waals surface area contributed by atoms with Crippen LogP contribution in [0.3, 0.4) is 0 Å². The Labute approximate surface area is 100 Å². The van der Waals surface area contributed by atoms with Crippen LogP contribution in [0.4, 0.5) is 11.8 Å². The van der Waals surface area contributed by atoms with Crippen LogP contribution in [0.15, 0.2) is 6.33 Å². The van der Waals surface area contributed by atoms with Gasteiger partial charge in [-0.15, -0.1) is 0 Å². The van der Waals surface area contributed by atoms with Crippen molar-refractivity contribution in [2.24, 2.45) is 5.92 Å². The van der Waals surface area contributed by atoms with Gasteiger partial charge in [-0.1, -0.05) is 20.3 Å². The van der Waals surface area contributed by atoms with Gasteiger partial charge in [0.15, 0.2) is 11.5 Å². The molecule has 4 N–H and O–H groups in total. The van der Waals surface area contributed by atoms with Gasteiger partial charge in [0.25, 0.3) is 0 Å². The van der Waals surface area contributed by atoms with Crippen molar-refractivity contribution in [3.63, 3.8) is 0 Å². The zero-order valence-corrected chi connectivity index (χ0v) is 10.4. The maximum Gasteiger partial charge on any atom is 0.224 e. The Morgan fingerprint density at radius 1 is 1.41 bits per heavy atom. The number of nitrogens with zero attached hydrogens (tertiary/aromatic N) is 3. The summed E-state index contributed by atoms with van der Waals surface area (Å²) in [4.78, 5) is 15.4. The molecule has 2 atom stereocenters. The van der Waals surface area contributed by atoms with Gasteiger partial charge >= 0.3 is 0 Å². The fraction of sp³-hybridized carbons (Fsp3) is 0.545. The van der Waals surface area contributed by atoms with Crippen LogP contribution in [-0.2, 0) is 0 Å². The summed E-state index contributed by atoms with van der Waals surface area (Å²) in [6.07, 6.45) is 2.71. The lowest BCUT2D eigenvalue weighted by atomic mass is 10.0. The zero-order valence-electron chi connectivity index (χ0n) is 10.4. The molecule has 0 saturated carbocycles. The Hall–Kier alpha value is -1.85. The molecule has 6 heteroatoms. The standard InChI is InChI=1S/C11H18N6/c1-4-6(2)7(3)15-10-8-9(14-5-13-8)16-11(12)17-10/h5-7H,4H2,1-3H3,(H4,12,13,14,15,16,17). The maximum absolute atomic E-state index is 5.65. The quantitative estimate of drug-likeness (QED) is 0.750. The van der Waals surface area contributed by atoms with Gasteiger partial charge in [0.2, 0.25) is 5.95 Å². The van der Waals surface area contributed by atoms with Crippen molar-refractivity contribution in [1.82, 2.24) is 19.9 Å². The molecule has 0 amide bonds. The number of hydrogen-bond donors (Lipinski definition) is 3. The van der Waals surface area contributed by atoms with E-state index >= 15 is 0 Å². The van der Waals surface area contributed by atoms with Crippen LogP contribution in [0.5, 0.6) is 0 Å². The fourth-order valence-corrected chi connectivity index (χ4v) is 1.67. The number of fused-ring (bicyclic) bond motifs is 1. The van der Waals surface area contributed by atoms with E-state index in [0.717, 1.165) is 17.8 Å². The number of rotatable bonds is 4. The van der Waals surface area contributed by atoms with Crippen molar-refractivity contribution in [3.05, 3.63) is 6.33 Å². The molecule has 6 nitrogen and oxygen atoms in total. The van der Waals surface area contributed by atoms with Crippen molar-refractivity contribution in [2.45, 2.75) is 33.2 Å². The minimum atomic E-state index is 0.239.